The monoisotopic (exact) mass is 331 g/mol. The number of halogens is 3. The van der Waals surface area contributed by atoms with Gasteiger partial charge in [0.15, 0.2) is 0 Å². The van der Waals surface area contributed by atoms with Crippen LogP contribution in [0.15, 0.2) is 54.9 Å². The molecule has 122 valence electrons. The molecule has 0 radical (unpaired) electrons. The van der Waals surface area contributed by atoms with E-state index < -0.39 is 11.7 Å². The molecule has 1 amide bonds. The maximum absolute atomic E-state index is 12.5. The van der Waals surface area contributed by atoms with E-state index in [2.05, 4.69) is 15.3 Å². The van der Waals surface area contributed by atoms with Gasteiger partial charge < -0.3 is 5.32 Å². The first kappa shape index (κ1) is 15.9. The molecule has 2 heterocycles. The molecule has 1 aromatic carbocycles. The lowest BCUT2D eigenvalue weighted by molar-refractivity contribution is -0.137. The zero-order chi connectivity index (χ0) is 17.2. The Morgan fingerprint density at radius 2 is 1.92 bits per heavy atom. The van der Waals surface area contributed by atoms with Gasteiger partial charge in [-0.05, 0) is 36.4 Å². The normalized spacial score (nSPS) is 11.5. The summed E-state index contributed by atoms with van der Waals surface area (Å²) in [4.78, 5) is 20.0. The topological polar surface area (TPSA) is 54.9 Å². The maximum Gasteiger partial charge on any atom is 0.417 e. The molecule has 3 rings (SSSR count). The van der Waals surface area contributed by atoms with Gasteiger partial charge >= 0.3 is 6.18 Å². The average molecular weight is 331 g/mol. The lowest BCUT2D eigenvalue weighted by Crippen LogP contribution is -2.23. The number of alkyl halides is 3. The van der Waals surface area contributed by atoms with Gasteiger partial charge in [-0.15, -0.1) is 0 Å². The first-order valence-corrected chi connectivity index (χ1v) is 7.08. The summed E-state index contributed by atoms with van der Waals surface area (Å²) in [6, 6.07) is 10.9. The summed E-state index contributed by atoms with van der Waals surface area (Å²) < 4.78 is 37.4. The number of pyridine rings is 2. The molecule has 0 unspecified atom stereocenters. The number of carbonyl (C=O) groups is 1. The Bertz CT molecular complexity index is 876. The summed E-state index contributed by atoms with van der Waals surface area (Å²) >= 11 is 0. The summed E-state index contributed by atoms with van der Waals surface area (Å²) in [7, 11) is 0. The first-order chi connectivity index (χ1) is 11.4. The van der Waals surface area contributed by atoms with Crippen LogP contribution < -0.4 is 5.32 Å². The minimum absolute atomic E-state index is 0.0437. The van der Waals surface area contributed by atoms with Crippen molar-refractivity contribution in [2.24, 2.45) is 0 Å². The molecule has 3 aromatic rings. The highest BCUT2D eigenvalue weighted by Crippen LogP contribution is 2.28. The van der Waals surface area contributed by atoms with E-state index in [9.17, 15) is 18.0 Å². The molecule has 0 atom stereocenters. The molecule has 24 heavy (non-hydrogen) atoms. The Kier molecular flexibility index (Phi) is 4.16. The first-order valence-electron chi connectivity index (χ1n) is 7.08. The number of amides is 1. The van der Waals surface area contributed by atoms with Gasteiger partial charge in [0, 0.05) is 23.3 Å². The van der Waals surface area contributed by atoms with Crippen LogP contribution in [-0.4, -0.2) is 15.9 Å². The molecular formula is C17H12F3N3O. The molecule has 0 aliphatic heterocycles. The van der Waals surface area contributed by atoms with Crippen molar-refractivity contribution in [1.29, 1.82) is 0 Å². The fourth-order valence-corrected chi connectivity index (χ4v) is 2.19. The van der Waals surface area contributed by atoms with Gasteiger partial charge in [-0.2, -0.15) is 13.2 Å². The molecule has 1 N–H and O–H groups in total. The highest BCUT2D eigenvalue weighted by molar-refractivity contribution is 5.97. The van der Waals surface area contributed by atoms with Crippen molar-refractivity contribution in [2.75, 3.05) is 0 Å². The molecule has 7 heteroatoms. The Morgan fingerprint density at radius 1 is 1.08 bits per heavy atom. The number of carbonyl (C=O) groups excluding carboxylic acids is 1. The largest absolute Gasteiger partial charge is 0.417 e. The molecule has 0 aliphatic rings. The van der Waals surface area contributed by atoms with Crippen LogP contribution in [0.25, 0.3) is 10.9 Å². The lowest BCUT2D eigenvalue weighted by atomic mass is 10.1. The Morgan fingerprint density at radius 3 is 2.62 bits per heavy atom. The third-order valence-corrected chi connectivity index (χ3v) is 3.45. The maximum atomic E-state index is 12.5. The average Bonchev–Trinajstić information content (AvgIpc) is 2.59. The van der Waals surface area contributed by atoms with Crippen LogP contribution in [0.1, 0.15) is 21.6 Å². The number of hydrogen-bond acceptors (Lipinski definition) is 3. The summed E-state index contributed by atoms with van der Waals surface area (Å²) in [6.45, 7) is 0.0437. The highest BCUT2D eigenvalue weighted by Gasteiger charge is 2.30. The van der Waals surface area contributed by atoms with E-state index in [1.807, 2.05) is 6.07 Å². The van der Waals surface area contributed by atoms with Crippen molar-refractivity contribution in [3.05, 3.63) is 71.7 Å². The third kappa shape index (κ3) is 3.51. The number of nitrogens with one attached hydrogen (secondary N) is 1. The SMILES string of the molecule is O=C(NCc1ccc(C(F)(F)F)cn1)c1ccc2ncccc2c1. The molecule has 4 nitrogen and oxygen atoms in total. The van der Waals surface area contributed by atoms with Gasteiger partial charge in [0.25, 0.3) is 5.91 Å². The van der Waals surface area contributed by atoms with Crippen molar-refractivity contribution in [3.8, 4) is 0 Å². The third-order valence-electron chi connectivity index (χ3n) is 3.45. The van der Waals surface area contributed by atoms with Gasteiger partial charge in [-0.1, -0.05) is 6.07 Å². The fraction of sp³-hybridized carbons (Fsp3) is 0.118. The van der Waals surface area contributed by atoms with E-state index in [0.29, 0.717) is 11.3 Å². The van der Waals surface area contributed by atoms with Crippen LogP contribution in [0.5, 0.6) is 0 Å². The Labute approximate surface area is 135 Å². The van der Waals surface area contributed by atoms with Crippen LogP contribution in [0.4, 0.5) is 13.2 Å². The van der Waals surface area contributed by atoms with Crippen molar-refractivity contribution in [2.45, 2.75) is 12.7 Å². The van der Waals surface area contributed by atoms with Gasteiger partial charge in [0.05, 0.1) is 23.3 Å². The van der Waals surface area contributed by atoms with E-state index in [-0.39, 0.29) is 12.5 Å². The standard InChI is InChI=1S/C17H12F3N3O/c18-17(19,20)13-4-5-14(22-9-13)10-23-16(24)12-3-6-15-11(8-12)2-1-7-21-15/h1-9H,10H2,(H,23,24). The molecule has 0 saturated heterocycles. The highest BCUT2D eigenvalue weighted by atomic mass is 19.4. The van der Waals surface area contributed by atoms with Crippen molar-refractivity contribution >= 4 is 16.8 Å². The lowest BCUT2D eigenvalue weighted by Gasteiger charge is -2.08. The molecule has 0 saturated carbocycles. The fourth-order valence-electron chi connectivity index (χ4n) is 2.19. The Hall–Kier alpha value is -2.96. The molecular weight excluding hydrogens is 319 g/mol. The summed E-state index contributed by atoms with van der Waals surface area (Å²) in [6.07, 6.45) is -2.00. The van der Waals surface area contributed by atoms with E-state index in [1.165, 1.54) is 6.07 Å². The van der Waals surface area contributed by atoms with E-state index >= 15 is 0 Å². The Balaban J connectivity index is 1.68. The summed E-state index contributed by atoms with van der Waals surface area (Å²) in [5.74, 6) is -0.331. The summed E-state index contributed by atoms with van der Waals surface area (Å²) in [5.41, 5.74) is 0.749. The van der Waals surface area contributed by atoms with E-state index in [0.717, 1.165) is 23.2 Å². The van der Waals surface area contributed by atoms with Gasteiger partial charge in [-0.3, -0.25) is 14.8 Å². The second-order valence-corrected chi connectivity index (χ2v) is 5.13. The molecule has 0 bridgehead atoms. The van der Waals surface area contributed by atoms with E-state index in [4.69, 9.17) is 0 Å². The van der Waals surface area contributed by atoms with Crippen LogP contribution in [0.3, 0.4) is 0 Å². The number of fused-ring (bicyclic) bond motifs is 1. The second kappa shape index (κ2) is 6.27. The molecule has 0 spiro atoms. The smallest absolute Gasteiger partial charge is 0.346 e. The van der Waals surface area contributed by atoms with Crippen molar-refractivity contribution in [3.63, 3.8) is 0 Å². The van der Waals surface area contributed by atoms with E-state index in [1.54, 1.807) is 30.5 Å². The van der Waals surface area contributed by atoms with Crippen molar-refractivity contribution in [1.82, 2.24) is 15.3 Å². The van der Waals surface area contributed by atoms with Gasteiger partial charge in [0.1, 0.15) is 0 Å². The number of benzene rings is 1. The van der Waals surface area contributed by atoms with Crippen LogP contribution in [0.2, 0.25) is 0 Å². The second-order valence-electron chi connectivity index (χ2n) is 5.13. The van der Waals surface area contributed by atoms with Gasteiger partial charge in [0.2, 0.25) is 0 Å². The number of hydrogen-bond donors (Lipinski definition) is 1. The quantitative estimate of drug-likeness (QED) is 0.798. The van der Waals surface area contributed by atoms with Crippen LogP contribution in [0, 0.1) is 0 Å². The van der Waals surface area contributed by atoms with Crippen molar-refractivity contribution < 1.29 is 18.0 Å². The zero-order valence-electron chi connectivity index (χ0n) is 12.3. The predicted molar refractivity (Wildman–Crippen MR) is 82.2 cm³/mol. The summed E-state index contributed by atoms with van der Waals surface area (Å²) in [5, 5.41) is 3.47. The van der Waals surface area contributed by atoms with Crippen LogP contribution >= 0.6 is 0 Å². The molecule has 0 aliphatic carbocycles. The van der Waals surface area contributed by atoms with Gasteiger partial charge in [-0.25, -0.2) is 0 Å². The molecule has 0 fully saturated rings. The molecule has 2 aromatic heterocycles. The zero-order valence-corrected chi connectivity index (χ0v) is 12.3. The predicted octanol–water partition coefficient (Wildman–Crippen LogP) is 3.58. The number of aromatic nitrogens is 2. The number of rotatable bonds is 3. The number of nitrogens with zero attached hydrogens (tertiary/aromatic N) is 2. The van der Waals surface area contributed by atoms with Crippen LogP contribution in [-0.2, 0) is 12.7 Å². The minimum atomic E-state index is -4.42. The minimum Gasteiger partial charge on any atom is -0.346 e.